The molecule has 2 N–H and O–H groups in total. The van der Waals surface area contributed by atoms with Crippen LogP contribution in [0.4, 0.5) is 14.9 Å². The Morgan fingerprint density at radius 2 is 1.77 bits per heavy atom. The summed E-state index contributed by atoms with van der Waals surface area (Å²) in [5.74, 6) is -0.986. The van der Waals surface area contributed by atoms with Gasteiger partial charge in [0.1, 0.15) is 11.4 Å². The van der Waals surface area contributed by atoms with Crippen molar-refractivity contribution >= 4 is 23.6 Å². The standard InChI is InChI=1S/C18H26FN3O4/c1-18(2,3)26-17(25)20-11-5-6-16(24)22(4)12-15(23)21-14-9-7-13(19)8-10-14/h7-10H,5-6,11-12H2,1-4H3,(H,20,25)(H,21,23). The molecule has 0 radical (unpaired) electrons. The van der Waals surface area contributed by atoms with Gasteiger partial charge in [0.15, 0.2) is 0 Å². The number of rotatable bonds is 7. The lowest BCUT2D eigenvalue weighted by Gasteiger charge is -2.20. The number of amides is 3. The molecule has 26 heavy (non-hydrogen) atoms. The SMILES string of the molecule is CN(CC(=O)Nc1ccc(F)cc1)C(=O)CCCNC(=O)OC(C)(C)C. The maximum absolute atomic E-state index is 12.8. The lowest BCUT2D eigenvalue weighted by Crippen LogP contribution is -2.36. The Bertz CT molecular complexity index is 626. The molecule has 1 aromatic rings. The van der Waals surface area contributed by atoms with Gasteiger partial charge in [0, 0.05) is 25.7 Å². The summed E-state index contributed by atoms with van der Waals surface area (Å²) in [7, 11) is 1.52. The summed E-state index contributed by atoms with van der Waals surface area (Å²) >= 11 is 0. The van der Waals surface area contributed by atoms with Gasteiger partial charge in [-0.05, 0) is 51.5 Å². The highest BCUT2D eigenvalue weighted by molar-refractivity contribution is 5.94. The van der Waals surface area contributed by atoms with Gasteiger partial charge in [-0.3, -0.25) is 9.59 Å². The summed E-state index contributed by atoms with van der Waals surface area (Å²) in [6.07, 6.45) is 0.0926. The molecule has 0 saturated heterocycles. The number of anilines is 1. The van der Waals surface area contributed by atoms with Crippen LogP contribution in [0, 0.1) is 5.82 Å². The lowest BCUT2D eigenvalue weighted by atomic mass is 10.2. The van der Waals surface area contributed by atoms with Crippen LogP contribution in [0.1, 0.15) is 33.6 Å². The predicted octanol–water partition coefficient (Wildman–Crippen LogP) is 2.53. The first kappa shape index (κ1) is 21.4. The van der Waals surface area contributed by atoms with E-state index in [2.05, 4.69) is 10.6 Å². The molecule has 0 heterocycles. The molecule has 0 unspecified atom stereocenters. The molecule has 0 aliphatic rings. The first-order chi connectivity index (χ1) is 12.1. The van der Waals surface area contributed by atoms with Crippen molar-refractivity contribution in [3.8, 4) is 0 Å². The summed E-state index contributed by atoms with van der Waals surface area (Å²) in [5, 5.41) is 5.16. The van der Waals surface area contributed by atoms with Gasteiger partial charge in [-0.15, -0.1) is 0 Å². The minimum absolute atomic E-state index is 0.115. The zero-order valence-corrected chi connectivity index (χ0v) is 15.6. The molecule has 1 aromatic carbocycles. The van der Waals surface area contributed by atoms with E-state index < -0.39 is 17.5 Å². The fourth-order valence-electron chi connectivity index (χ4n) is 1.97. The summed E-state index contributed by atoms with van der Waals surface area (Å²) < 4.78 is 17.9. The van der Waals surface area contributed by atoms with Crippen molar-refractivity contribution in [2.75, 3.05) is 25.5 Å². The van der Waals surface area contributed by atoms with Crippen molar-refractivity contribution in [3.63, 3.8) is 0 Å². The largest absolute Gasteiger partial charge is 0.444 e. The van der Waals surface area contributed by atoms with Gasteiger partial charge in [-0.2, -0.15) is 0 Å². The van der Waals surface area contributed by atoms with E-state index in [-0.39, 0.29) is 24.8 Å². The van der Waals surface area contributed by atoms with E-state index in [0.29, 0.717) is 18.7 Å². The highest BCUT2D eigenvalue weighted by Crippen LogP contribution is 2.08. The average molecular weight is 367 g/mol. The van der Waals surface area contributed by atoms with E-state index >= 15 is 0 Å². The molecule has 0 fully saturated rings. The quantitative estimate of drug-likeness (QED) is 0.725. The Morgan fingerprint density at radius 1 is 1.15 bits per heavy atom. The predicted molar refractivity (Wildman–Crippen MR) is 96.1 cm³/mol. The van der Waals surface area contributed by atoms with Crippen LogP contribution in [0.2, 0.25) is 0 Å². The topological polar surface area (TPSA) is 87.7 Å². The number of nitrogens with one attached hydrogen (secondary N) is 2. The Balaban J connectivity index is 2.26. The number of hydrogen-bond donors (Lipinski definition) is 2. The van der Waals surface area contributed by atoms with Gasteiger partial charge < -0.3 is 20.3 Å². The Morgan fingerprint density at radius 3 is 2.35 bits per heavy atom. The van der Waals surface area contributed by atoms with Crippen LogP contribution in [0.3, 0.4) is 0 Å². The zero-order chi connectivity index (χ0) is 19.7. The summed E-state index contributed by atoms with van der Waals surface area (Å²) in [4.78, 5) is 36.7. The van der Waals surface area contributed by atoms with Crippen LogP contribution in [-0.2, 0) is 14.3 Å². The van der Waals surface area contributed by atoms with Gasteiger partial charge >= 0.3 is 6.09 Å². The van der Waals surface area contributed by atoms with Gasteiger partial charge in [-0.25, -0.2) is 9.18 Å². The van der Waals surface area contributed by atoms with Gasteiger partial charge in [0.05, 0.1) is 6.54 Å². The van der Waals surface area contributed by atoms with E-state index in [1.807, 2.05) is 0 Å². The fourth-order valence-corrected chi connectivity index (χ4v) is 1.97. The molecule has 0 spiro atoms. The molecule has 3 amide bonds. The van der Waals surface area contributed by atoms with Crippen LogP contribution in [0.5, 0.6) is 0 Å². The molecule has 0 aliphatic carbocycles. The summed E-state index contributed by atoms with van der Waals surface area (Å²) in [5.41, 5.74) is -0.114. The van der Waals surface area contributed by atoms with Crippen molar-refractivity contribution in [1.29, 1.82) is 0 Å². The first-order valence-corrected chi connectivity index (χ1v) is 8.33. The van der Waals surface area contributed by atoms with E-state index in [4.69, 9.17) is 4.74 Å². The minimum atomic E-state index is -0.571. The second kappa shape index (κ2) is 9.74. The zero-order valence-electron chi connectivity index (χ0n) is 15.6. The lowest BCUT2D eigenvalue weighted by molar-refractivity contribution is -0.133. The Kier molecular flexibility index (Phi) is 8.02. The molecule has 0 aliphatic heterocycles. The number of ether oxygens (including phenoxy) is 1. The number of hydrogen-bond acceptors (Lipinski definition) is 4. The van der Waals surface area contributed by atoms with Crippen molar-refractivity contribution in [3.05, 3.63) is 30.1 Å². The van der Waals surface area contributed by atoms with Crippen molar-refractivity contribution in [2.45, 2.75) is 39.2 Å². The highest BCUT2D eigenvalue weighted by Gasteiger charge is 2.16. The molecular formula is C18H26FN3O4. The molecule has 0 saturated carbocycles. The van der Waals surface area contributed by atoms with Crippen LogP contribution >= 0.6 is 0 Å². The molecule has 0 aromatic heterocycles. The third-order valence-electron chi connectivity index (χ3n) is 3.17. The van der Waals surface area contributed by atoms with Crippen LogP contribution in [0.25, 0.3) is 0 Å². The number of carbonyl (C=O) groups excluding carboxylic acids is 3. The van der Waals surface area contributed by atoms with E-state index in [1.165, 1.54) is 36.2 Å². The fraction of sp³-hybridized carbons (Fsp3) is 0.500. The van der Waals surface area contributed by atoms with Gasteiger partial charge in [-0.1, -0.05) is 0 Å². The number of likely N-dealkylation sites (N-methyl/N-ethyl adjacent to an activating group) is 1. The second-order valence-corrected chi connectivity index (χ2v) is 6.84. The monoisotopic (exact) mass is 367 g/mol. The molecule has 144 valence electrons. The second-order valence-electron chi connectivity index (χ2n) is 6.84. The number of nitrogens with zero attached hydrogens (tertiary/aromatic N) is 1. The third kappa shape index (κ3) is 9.00. The van der Waals surface area contributed by atoms with Crippen LogP contribution in [0.15, 0.2) is 24.3 Å². The van der Waals surface area contributed by atoms with Crippen LogP contribution < -0.4 is 10.6 Å². The molecule has 0 bridgehead atoms. The van der Waals surface area contributed by atoms with Crippen molar-refractivity contribution < 1.29 is 23.5 Å². The summed E-state index contributed by atoms with van der Waals surface area (Å²) in [6.45, 7) is 5.48. The number of halogens is 1. The molecule has 8 heteroatoms. The Hall–Kier alpha value is -2.64. The van der Waals surface area contributed by atoms with E-state index in [1.54, 1.807) is 20.8 Å². The normalized spacial score (nSPS) is 10.8. The van der Waals surface area contributed by atoms with Crippen molar-refractivity contribution in [2.24, 2.45) is 0 Å². The molecular weight excluding hydrogens is 341 g/mol. The minimum Gasteiger partial charge on any atom is -0.444 e. The number of alkyl carbamates (subject to hydrolysis) is 1. The molecule has 1 rings (SSSR count). The van der Waals surface area contributed by atoms with E-state index in [9.17, 15) is 18.8 Å². The summed E-state index contributed by atoms with van der Waals surface area (Å²) in [6, 6.07) is 5.36. The average Bonchev–Trinajstić information content (AvgIpc) is 2.51. The maximum Gasteiger partial charge on any atom is 0.407 e. The number of benzene rings is 1. The first-order valence-electron chi connectivity index (χ1n) is 8.33. The van der Waals surface area contributed by atoms with Crippen LogP contribution in [-0.4, -0.2) is 48.5 Å². The van der Waals surface area contributed by atoms with E-state index in [0.717, 1.165) is 0 Å². The molecule has 0 atom stereocenters. The smallest absolute Gasteiger partial charge is 0.407 e. The third-order valence-corrected chi connectivity index (χ3v) is 3.17. The number of carbonyl (C=O) groups is 3. The van der Waals surface area contributed by atoms with Gasteiger partial charge in [0.25, 0.3) is 0 Å². The maximum atomic E-state index is 12.8. The van der Waals surface area contributed by atoms with Gasteiger partial charge in [0.2, 0.25) is 11.8 Å². The molecule has 7 nitrogen and oxygen atoms in total. The highest BCUT2D eigenvalue weighted by atomic mass is 19.1. The Labute approximate surface area is 152 Å². The van der Waals surface area contributed by atoms with Crippen molar-refractivity contribution in [1.82, 2.24) is 10.2 Å².